The van der Waals surface area contributed by atoms with Gasteiger partial charge in [0.05, 0.1) is 17.3 Å². The SMILES string of the molecule is Cc1c(-c2cc(C(C)(C)C)cc[n+]2C)cc(C(F)(F)F)cc1-n1ccc[n+]1C. The molecule has 0 atom stereocenters. The Bertz CT molecular complexity index is 1020. The molecule has 0 aliphatic heterocycles. The number of halogens is 3. The van der Waals surface area contributed by atoms with Crippen LogP contribution in [0.4, 0.5) is 13.2 Å². The Morgan fingerprint density at radius 2 is 1.61 bits per heavy atom. The Labute approximate surface area is 163 Å². The first-order chi connectivity index (χ1) is 12.9. The molecule has 3 nitrogen and oxygen atoms in total. The lowest BCUT2D eigenvalue weighted by Crippen LogP contribution is -2.37. The molecule has 0 radical (unpaired) electrons. The number of pyridine rings is 1. The van der Waals surface area contributed by atoms with Crippen molar-refractivity contribution in [3.05, 3.63) is 65.6 Å². The largest absolute Gasteiger partial charge is 0.416 e. The highest BCUT2D eigenvalue weighted by atomic mass is 19.4. The van der Waals surface area contributed by atoms with Crippen LogP contribution in [0.25, 0.3) is 16.9 Å². The number of benzene rings is 1. The first kappa shape index (κ1) is 20.1. The molecule has 6 heteroatoms. The molecule has 0 saturated carbocycles. The molecule has 0 saturated heterocycles. The van der Waals surface area contributed by atoms with Gasteiger partial charge in [-0.3, -0.25) is 0 Å². The van der Waals surface area contributed by atoms with Crippen LogP contribution in [0.2, 0.25) is 0 Å². The van der Waals surface area contributed by atoms with Gasteiger partial charge in [0.15, 0.2) is 19.4 Å². The van der Waals surface area contributed by atoms with Crippen molar-refractivity contribution in [2.24, 2.45) is 14.1 Å². The summed E-state index contributed by atoms with van der Waals surface area (Å²) in [6, 6.07) is 8.28. The van der Waals surface area contributed by atoms with E-state index < -0.39 is 11.7 Å². The van der Waals surface area contributed by atoms with Crippen LogP contribution in [-0.2, 0) is 25.7 Å². The normalized spacial score (nSPS) is 12.5. The second-order valence-corrected chi connectivity index (χ2v) is 8.24. The third-order valence-electron chi connectivity index (χ3n) is 5.12. The van der Waals surface area contributed by atoms with Gasteiger partial charge in [-0.15, -0.1) is 9.36 Å². The van der Waals surface area contributed by atoms with E-state index >= 15 is 0 Å². The summed E-state index contributed by atoms with van der Waals surface area (Å²) in [4.78, 5) is 0. The highest BCUT2D eigenvalue weighted by molar-refractivity contribution is 5.68. The minimum atomic E-state index is -4.43. The van der Waals surface area contributed by atoms with E-state index in [0.29, 0.717) is 11.3 Å². The van der Waals surface area contributed by atoms with Crippen molar-refractivity contribution in [1.82, 2.24) is 4.68 Å². The fourth-order valence-electron chi connectivity index (χ4n) is 3.34. The predicted molar refractivity (Wildman–Crippen MR) is 102 cm³/mol. The van der Waals surface area contributed by atoms with E-state index in [0.717, 1.165) is 16.8 Å². The van der Waals surface area contributed by atoms with Crippen molar-refractivity contribution in [2.75, 3.05) is 0 Å². The average Bonchev–Trinajstić information content (AvgIpc) is 2.99. The predicted octanol–water partition coefficient (Wildman–Crippen LogP) is 4.42. The fourth-order valence-corrected chi connectivity index (χ4v) is 3.34. The lowest BCUT2D eigenvalue weighted by molar-refractivity contribution is -0.744. The van der Waals surface area contributed by atoms with Gasteiger partial charge in [0, 0.05) is 18.2 Å². The summed E-state index contributed by atoms with van der Waals surface area (Å²) in [5, 5.41) is 0. The van der Waals surface area contributed by atoms with Crippen molar-refractivity contribution in [2.45, 2.75) is 39.3 Å². The molecule has 0 fully saturated rings. The van der Waals surface area contributed by atoms with Crippen molar-refractivity contribution in [3.8, 4) is 16.9 Å². The zero-order valence-electron chi connectivity index (χ0n) is 17.1. The van der Waals surface area contributed by atoms with E-state index in [1.165, 1.54) is 12.1 Å². The number of rotatable bonds is 2. The number of hydrogen-bond donors (Lipinski definition) is 0. The molecular weight excluding hydrogens is 363 g/mol. The van der Waals surface area contributed by atoms with Gasteiger partial charge in [0.2, 0.25) is 5.69 Å². The standard InChI is InChI=1S/C22H26F3N3/c1-15-18(20-13-16(21(2,3)4)8-11-26(20)5)12-17(22(23,24)25)14-19(15)28-10-7-9-27(28)6/h7-14H,1-6H3/q+2. The fraction of sp³-hybridized carbons (Fsp3) is 0.364. The van der Waals surface area contributed by atoms with E-state index in [2.05, 4.69) is 20.8 Å². The van der Waals surface area contributed by atoms with Crippen LogP contribution in [0.5, 0.6) is 0 Å². The van der Waals surface area contributed by atoms with Gasteiger partial charge >= 0.3 is 6.18 Å². The molecule has 28 heavy (non-hydrogen) atoms. The second kappa shape index (κ2) is 6.76. The molecule has 148 valence electrons. The molecule has 3 aromatic rings. The van der Waals surface area contributed by atoms with Crippen LogP contribution in [-0.4, -0.2) is 4.68 Å². The molecular formula is C22H26F3N3+2. The van der Waals surface area contributed by atoms with E-state index in [9.17, 15) is 13.2 Å². The van der Waals surface area contributed by atoms with Gasteiger partial charge < -0.3 is 0 Å². The van der Waals surface area contributed by atoms with Crippen LogP contribution in [0.3, 0.4) is 0 Å². The minimum Gasteiger partial charge on any atom is -0.201 e. The summed E-state index contributed by atoms with van der Waals surface area (Å²) >= 11 is 0. The maximum atomic E-state index is 13.7. The zero-order chi connectivity index (χ0) is 20.9. The molecule has 0 bridgehead atoms. The molecule has 0 unspecified atom stereocenters. The van der Waals surface area contributed by atoms with E-state index in [-0.39, 0.29) is 5.41 Å². The first-order valence-electron chi connectivity index (χ1n) is 9.15. The van der Waals surface area contributed by atoms with E-state index in [1.54, 1.807) is 34.9 Å². The van der Waals surface area contributed by atoms with Gasteiger partial charge in [-0.1, -0.05) is 20.8 Å². The van der Waals surface area contributed by atoms with Crippen LogP contribution >= 0.6 is 0 Å². The molecule has 0 amide bonds. The maximum Gasteiger partial charge on any atom is 0.416 e. The maximum absolute atomic E-state index is 13.7. The quantitative estimate of drug-likeness (QED) is 0.576. The summed E-state index contributed by atoms with van der Waals surface area (Å²) in [5.41, 5.74) is 2.96. The van der Waals surface area contributed by atoms with Gasteiger partial charge in [-0.05, 0) is 35.6 Å². The Morgan fingerprint density at radius 3 is 2.14 bits per heavy atom. The molecule has 1 aromatic carbocycles. The van der Waals surface area contributed by atoms with Gasteiger partial charge in [-0.2, -0.15) is 13.2 Å². The summed E-state index contributed by atoms with van der Waals surface area (Å²) in [7, 11) is 3.66. The lowest BCUT2D eigenvalue weighted by Gasteiger charge is -2.20. The van der Waals surface area contributed by atoms with Crippen LogP contribution in [0.1, 0.15) is 37.5 Å². The Morgan fingerprint density at radius 1 is 0.929 bits per heavy atom. The highest BCUT2D eigenvalue weighted by Gasteiger charge is 2.34. The van der Waals surface area contributed by atoms with Gasteiger partial charge in [0.25, 0.3) is 0 Å². The van der Waals surface area contributed by atoms with E-state index in [1.807, 2.05) is 36.9 Å². The van der Waals surface area contributed by atoms with Crippen molar-refractivity contribution in [3.63, 3.8) is 0 Å². The number of aromatic nitrogens is 3. The summed E-state index contributed by atoms with van der Waals surface area (Å²) in [6.45, 7) is 8.15. The number of nitrogens with zero attached hydrogens (tertiary/aromatic N) is 3. The van der Waals surface area contributed by atoms with Crippen LogP contribution < -0.4 is 9.25 Å². The summed E-state index contributed by atoms with van der Waals surface area (Å²) < 4.78 is 46.4. The Hall–Kier alpha value is -2.63. The highest BCUT2D eigenvalue weighted by Crippen LogP contribution is 2.36. The number of hydrogen-bond acceptors (Lipinski definition) is 0. The molecule has 2 aromatic heterocycles. The smallest absolute Gasteiger partial charge is 0.201 e. The molecule has 0 aliphatic carbocycles. The third kappa shape index (κ3) is 3.68. The monoisotopic (exact) mass is 389 g/mol. The summed E-state index contributed by atoms with van der Waals surface area (Å²) in [6.07, 6.45) is 1.05. The van der Waals surface area contributed by atoms with Crippen molar-refractivity contribution >= 4 is 0 Å². The molecule has 0 N–H and O–H groups in total. The zero-order valence-corrected chi connectivity index (χ0v) is 17.1. The minimum absolute atomic E-state index is 0.103. The Kier molecular flexibility index (Phi) is 4.86. The van der Waals surface area contributed by atoms with Gasteiger partial charge in [0.1, 0.15) is 12.7 Å². The average molecular weight is 389 g/mol. The second-order valence-electron chi connectivity index (χ2n) is 8.24. The number of alkyl halides is 3. The topological polar surface area (TPSA) is 12.7 Å². The molecule has 0 spiro atoms. The van der Waals surface area contributed by atoms with Crippen LogP contribution in [0.15, 0.2) is 48.9 Å². The van der Waals surface area contributed by atoms with Crippen LogP contribution in [0, 0.1) is 6.92 Å². The van der Waals surface area contributed by atoms with Crippen molar-refractivity contribution in [1.29, 1.82) is 0 Å². The lowest BCUT2D eigenvalue weighted by atomic mass is 9.86. The molecule has 0 aliphatic rings. The molecule has 2 heterocycles. The van der Waals surface area contributed by atoms with Gasteiger partial charge in [-0.25, -0.2) is 4.57 Å². The molecule has 3 rings (SSSR count). The first-order valence-corrected chi connectivity index (χ1v) is 9.15. The summed E-state index contributed by atoms with van der Waals surface area (Å²) in [5.74, 6) is 0. The third-order valence-corrected chi connectivity index (χ3v) is 5.12. The van der Waals surface area contributed by atoms with Crippen molar-refractivity contribution < 1.29 is 22.4 Å². The Balaban J connectivity index is 2.34. The van der Waals surface area contributed by atoms with E-state index in [4.69, 9.17) is 0 Å². The number of aryl methyl sites for hydroxylation is 2.